The molecule has 0 aliphatic rings. The molecule has 0 aliphatic carbocycles. The molecule has 1 rings (SSSR count). The molecule has 0 spiro atoms. The van der Waals surface area contributed by atoms with E-state index in [0.29, 0.717) is 5.69 Å². The number of nitrogens with one attached hydrogen (secondary N) is 1. The number of esters is 1. The predicted molar refractivity (Wildman–Crippen MR) is 71.2 cm³/mol. The van der Waals surface area contributed by atoms with Gasteiger partial charge in [-0.05, 0) is 0 Å². The molecule has 0 saturated carbocycles. The largest absolute Gasteiger partial charge is 0.481 e. The fraction of sp³-hybridized carbons (Fsp3) is 0.417. The quantitative estimate of drug-likeness (QED) is 0.336. The van der Waals surface area contributed by atoms with Gasteiger partial charge in [-0.1, -0.05) is 0 Å². The number of imidazole rings is 1. The fourth-order valence-corrected chi connectivity index (χ4v) is 1.80. The van der Waals surface area contributed by atoms with Gasteiger partial charge in [-0.15, -0.1) is 0 Å². The maximum atomic E-state index is 11.9. The van der Waals surface area contributed by atoms with Crippen molar-refractivity contribution in [2.24, 2.45) is 5.73 Å². The predicted octanol–water partition coefficient (Wildman–Crippen LogP) is -1.40. The van der Waals surface area contributed by atoms with Gasteiger partial charge >= 0.3 is 23.9 Å². The third-order valence-corrected chi connectivity index (χ3v) is 2.85. The molecule has 0 aliphatic heterocycles. The number of carbonyl (C=O) groups excluding carboxylic acids is 1. The third-order valence-electron chi connectivity index (χ3n) is 2.85. The van der Waals surface area contributed by atoms with Crippen molar-refractivity contribution in [3.05, 3.63) is 18.2 Å². The highest BCUT2D eigenvalue weighted by Crippen LogP contribution is 2.23. The van der Waals surface area contributed by atoms with Gasteiger partial charge in [0.2, 0.25) is 5.60 Å². The first-order chi connectivity index (χ1) is 10.7. The number of aliphatic carboxylic acids is 3. The van der Waals surface area contributed by atoms with Gasteiger partial charge < -0.3 is 30.8 Å². The van der Waals surface area contributed by atoms with Gasteiger partial charge in [0.1, 0.15) is 6.04 Å². The Morgan fingerprint density at radius 1 is 1.22 bits per heavy atom. The van der Waals surface area contributed by atoms with Gasteiger partial charge in [-0.25, -0.2) is 9.78 Å². The van der Waals surface area contributed by atoms with Crippen molar-refractivity contribution >= 4 is 23.9 Å². The molecule has 0 saturated heterocycles. The number of nitrogens with two attached hydrogens (primary N) is 1. The second-order valence-electron chi connectivity index (χ2n) is 4.73. The molecular formula is C12H15N3O8. The van der Waals surface area contributed by atoms with Crippen molar-refractivity contribution in [1.82, 2.24) is 9.97 Å². The van der Waals surface area contributed by atoms with E-state index in [9.17, 15) is 19.2 Å². The fourth-order valence-electron chi connectivity index (χ4n) is 1.80. The molecule has 11 nitrogen and oxygen atoms in total. The summed E-state index contributed by atoms with van der Waals surface area (Å²) in [5.41, 5.74) is 3.22. The minimum atomic E-state index is -2.74. The van der Waals surface area contributed by atoms with Crippen LogP contribution >= 0.6 is 0 Å². The van der Waals surface area contributed by atoms with Gasteiger partial charge in [0, 0.05) is 12.6 Å². The van der Waals surface area contributed by atoms with Gasteiger partial charge in [-0.3, -0.25) is 14.4 Å². The van der Waals surface area contributed by atoms with Crippen LogP contribution < -0.4 is 5.73 Å². The second-order valence-corrected chi connectivity index (χ2v) is 4.73. The first-order valence-electron chi connectivity index (χ1n) is 6.29. The number of ether oxygens (including phenoxy) is 1. The molecule has 1 aromatic rings. The topological polar surface area (TPSA) is 193 Å². The van der Waals surface area contributed by atoms with Crippen LogP contribution in [-0.2, 0) is 30.3 Å². The Kier molecular flexibility index (Phi) is 5.79. The van der Waals surface area contributed by atoms with Gasteiger partial charge in [0.25, 0.3) is 0 Å². The molecule has 126 valence electrons. The smallest absolute Gasteiger partial charge is 0.349 e. The van der Waals surface area contributed by atoms with Crippen LogP contribution in [0.5, 0.6) is 0 Å². The minimum absolute atomic E-state index is 0.0990. The van der Waals surface area contributed by atoms with E-state index in [1.807, 2.05) is 0 Å². The monoisotopic (exact) mass is 329 g/mol. The number of carbonyl (C=O) groups is 4. The normalized spacial score (nSPS) is 12.4. The van der Waals surface area contributed by atoms with Crippen LogP contribution in [0, 0.1) is 0 Å². The molecule has 1 aromatic heterocycles. The van der Waals surface area contributed by atoms with E-state index in [2.05, 4.69) is 14.7 Å². The van der Waals surface area contributed by atoms with Crippen molar-refractivity contribution in [2.45, 2.75) is 30.9 Å². The minimum Gasteiger partial charge on any atom is -0.481 e. The van der Waals surface area contributed by atoms with Crippen LogP contribution in [0.1, 0.15) is 18.5 Å². The lowest BCUT2D eigenvalue weighted by atomic mass is 9.95. The number of H-pyrrole nitrogens is 1. The number of rotatable bonds is 9. The summed E-state index contributed by atoms with van der Waals surface area (Å²) < 4.78 is 4.67. The van der Waals surface area contributed by atoms with Crippen molar-refractivity contribution < 1.29 is 39.2 Å². The lowest BCUT2D eigenvalue weighted by molar-refractivity contribution is -0.186. The molecule has 0 radical (unpaired) electrons. The summed E-state index contributed by atoms with van der Waals surface area (Å²) in [5.74, 6) is -6.40. The van der Waals surface area contributed by atoms with E-state index in [1.54, 1.807) is 0 Å². The molecule has 1 atom stereocenters. The van der Waals surface area contributed by atoms with Gasteiger partial charge in [-0.2, -0.15) is 0 Å². The highest BCUT2D eigenvalue weighted by Gasteiger charge is 2.47. The Morgan fingerprint density at radius 3 is 2.17 bits per heavy atom. The lowest BCUT2D eigenvalue weighted by Crippen LogP contribution is -2.50. The van der Waals surface area contributed by atoms with E-state index >= 15 is 0 Å². The summed E-state index contributed by atoms with van der Waals surface area (Å²) in [6.07, 6.45) is 0.263. The van der Waals surface area contributed by atoms with E-state index in [-0.39, 0.29) is 6.42 Å². The Hall–Kier alpha value is -2.95. The number of hydrogen-bond acceptors (Lipinski definition) is 7. The van der Waals surface area contributed by atoms with Crippen LogP contribution in [0.4, 0.5) is 0 Å². The van der Waals surface area contributed by atoms with Crippen molar-refractivity contribution in [3.63, 3.8) is 0 Å². The lowest BCUT2D eigenvalue weighted by Gasteiger charge is -2.27. The van der Waals surface area contributed by atoms with Crippen molar-refractivity contribution in [1.29, 1.82) is 0 Å². The average molecular weight is 329 g/mol. The Balaban J connectivity index is 2.93. The highest BCUT2D eigenvalue weighted by atomic mass is 16.6. The highest BCUT2D eigenvalue weighted by molar-refractivity contribution is 5.91. The van der Waals surface area contributed by atoms with E-state index < -0.39 is 48.4 Å². The first kappa shape index (κ1) is 18.1. The standard InChI is InChI=1S/C12H15N3O8/c13-7(1-6-4-14-5-15-6)10(20)23-12(11(21)22,2-8(16)17)3-9(18)19/h4-5,7H,1-3,13H2,(H,14,15)(H,16,17)(H,18,19)(H,21,22)/t7-/m0/s1. The van der Waals surface area contributed by atoms with Crippen LogP contribution in [0.25, 0.3) is 0 Å². The third kappa shape index (κ3) is 5.07. The van der Waals surface area contributed by atoms with Crippen LogP contribution in [0.2, 0.25) is 0 Å². The Bertz CT molecular complexity index is 581. The number of aromatic nitrogens is 2. The number of hydrogen-bond donors (Lipinski definition) is 5. The summed E-state index contributed by atoms with van der Waals surface area (Å²) in [4.78, 5) is 51.3. The zero-order valence-electron chi connectivity index (χ0n) is 11.8. The molecule has 0 unspecified atom stereocenters. The van der Waals surface area contributed by atoms with Crippen LogP contribution in [0.15, 0.2) is 12.5 Å². The number of carboxylic acid groups (broad SMARTS) is 3. The molecule has 0 amide bonds. The maximum absolute atomic E-state index is 11.9. The molecule has 23 heavy (non-hydrogen) atoms. The van der Waals surface area contributed by atoms with Crippen molar-refractivity contribution in [2.75, 3.05) is 0 Å². The number of nitrogens with zero attached hydrogens (tertiary/aromatic N) is 1. The van der Waals surface area contributed by atoms with E-state index in [1.165, 1.54) is 12.5 Å². The molecule has 0 bridgehead atoms. The molecular weight excluding hydrogens is 314 g/mol. The van der Waals surface area contributed by atoms with Gasteiger partial charge in [0.15, 0.2) is 0 Å². The molecule has 1 heterocycles. The summed E-state index contributed by atoms with van der Waals surface area (Å²) in [6, 6.07) is -1.33. The summed E-state index contributed by atoms with van der Waals surface area (Å²) in [5, 5.41) is 26.7. The second kappa shape index (κ2) is 7.35. The average Bonchev–Trinajstić information content (AvgIpc) is 2.89. The Labute approximate surface area is 129 Å². The number of aromatic amines is 1. The zero-order valence-corrected chi connectivity index (χ0v) is 11.8. The zero-order chi connectivity index (χ0) is 17.6. The molecule has 11 heteroatoms. The summed E-state index contributed by atoms with van der Waals surface area (Å²) in [6.45, 7) is 0. The van der Waals surface area contributed by atoms with Crippen molar-refractivity contribution in [3.8, 4) is 0 Å². The molecule has 6 N–H and O–H groups in total. The van der Waals surface area contributed by atoms with Crippen LogP contribution in [0.3, 0.4) is 0 Å². The summed E-state index contributed by atoms with van der Waals surface area (Å²) in [7, 11) is 0. The molecule has 0 fully saturated rings. The van der Waals surface area contributed by atoms with E-state index in [0.717, 1.165) is 0 Å². The number of carboxylic acids is 3. The SMILES string of the molecule is N[C@@H](Cc1c[nH]cn1)C(=O)OC(CC(=O)O)(CC(=O)O)C(=O)O. The Morgan fingerprint density at radius 2 is 1.78 bits per heavy atom. The maximum Gasteiger partial charge on any atom is 0.349 e. The van der Waals surface area contributed by atoms with E-state index in [4.69, 9.17) is 21.1 Å². The van der Waals surface area contributed by atoms with Crippen LogP contribution in [-0.4, -0.2) is 60.8 Å². The summed E-state index contributed by atoms with van der Waals surface area (Å²) >= 11 is 0. The molecule has 0 aromatic carbocycles. The van der Waals surface area contributed by atoms with Gasteiger partial charge in [0.05, 0.1) is 24.9 Å². The first-order valence-corrected chi connectivity index (χ1v) is 6.29.